The van der Waals surface area contributed by atoms with E-state index >= 15 is 0 Å². The van der Waals surface area contributed by atoms with Crippen LogP contribution in [0.3, 0.4) is 0 Å². The van der Waals surface area contributed by atoms with Gasteiger partial charge < -0.3 is 9.42 Å². The molecule has 5 nitrogen and oxygen atoms in total. The Morgan fingerprint density at radius 3 is 2.86 bits per heavy atom. The molecule has 0 radical (unpaired) electrons. The number of carbonyl (C=O) groups excluding carboxylic acids is 1. The summed E-state index contributed by atoms with van der Waals surface area (Å²) in [5.41, 5.74) is 0. The minimum Gasteiger partial charge on any atom is -0.360 e. The highest BCUT2D eigenvalue weighted by atomic mass is 16.5. The zero-order chi connectivity index (χ0) is 9.97. The molecule has 1 aromatic heterocycles. The van der Waals surface area contributed by atoms with Crippen LogP contribution in [0, 0.1) is 6.92 Å². The molecule has 0 bridgehead atoms. The summed E-state index contributed by atoms with van der Waals surface area (Å²) >= 11 is 0. The first-order valence-electron chi connectivity index (χ1n) is 4.75. The third-order valence-corrected chi connectivity index (χ3v) is 2.26. The van der Waals surface area contributed by atoms with E-state index in [9.17, 15) is 4.79 Å². The number of likely N-dealkylation sites (tertiary alicyclic amines) is 1. The van der Waals surface area contributed by atoms with Gasteiger partial charge in [0.05, 0.1) is 0 Å². The van der Waals surface area contributed by atoms with Crippen LogP contribution in [0.1, 0.15) is 18.6 Å². The number of rotatable bonds is 1. The minimum absolute atomic E-state index is 0.0872. The van der Waals surface area contributed by atoms with Gasteiger partial charge in [-0.3, -0.25) is 5.32 Å². The molecule has 76 valence electrons. The van der Waals surface area contributed by atoms with E-state index in [2.05, 4.69) is 10.5 Å². The number of anilines is 1. The van der Waals surface area contributed by atoms with Gasteiger partial charge in [0.15, 0.2) is 5.82 Å². The van der Waals surface area contributed by atoms with Crippen molar-refractivity contribution in [2.24, 2.45) is 0 Å². The summed E-state index contributed by atoms with van der Waals surface area (Å²) in [6, 6.07) is 1.62. The molecule has 14 heavy (non-hydrogen) atoms. The fraction of sp³-hybridized carbons (Fsp3) is 0.556. The van der Waals surface area contributed by atoms with Crippen LogP contribution < -0.4 is 5.32 Å². The summed E-state index contributed by atoms with van der Waals surface area (Å²) < 4.78 is 4.84. The van der Waals surface area contributed by atoms with Gasteiger partial charge >= 0.3 is 6.03 Å². The van der Waals surface area contributed by atoms with Crippen molar-refractivity contribution in [3.05, 3.63) is 11.8 Å². The summed E-state index contributed by atoms with van der Waals surface area (Å²) in [7, 11) is 0. The number of carbonyl (C=O) groups is 1. The molecule has 1 aliphatic heterocycles. The summed E-state index contributed by atoms with van der Waals surface area (Å²) in [5.74, 6) is 1.18. The van der Waals surface area contributed by atoms with E-state index in [4.69, 9.17) is 4.52 Å². The summed E-state index contributed by atoms with van der Waals surface area (Å²) in [5, 5.41) is 6.38. The topological polar surface area (TPSA) is 58.4 Å². The molecule has 1 aromatic rings. The molecule has 2 rings (SSSR count). The Labute approximate surface area is 82.1 Å². The lowest BCUT2D eigenvalue weighted by atomic mass is 10.4. The SMILES string of the molecule is Cc1cc(NC(=O)N2CCCC2)no1. The molecule has 0 atom stereocenters. The molecule has 1 N–H and O–H groups in total. The normalized spacial score (nSPS) is 15.9. The highest BCUT2D eigenvalue weighted by Gasteiger charge is 2.18. The van der Waals surface area contributed by atoms with Crippen LogP contribution >= 0.6 is 0 Å². The van der Waals surface area contributed by atoms with Gasteiger partial charge in [-0.2, -0.15) is 0 Å². The van der Waals surface area contributed by atoms with E-state index in [-0.39, 0.29) is 6.03 Å². The van der Waals surface area contributed by atoms with Crippen molar-refractivity contribution in [3.8, 4) is 0 Å². The summed E-state index contributed by atoms with van der Waals surface area (Å²) in [6.45, 7) is 3.46. The van der Waals surface area contributed by atoms with Crippen LogP contribution in [0.2, 0.25) is 0 Å². The van der Waals surface area contributed by atoms with Crippen molar-refractivity contribution >= 4 is 11.8 Å². The van der Waals surface area contributed by atoms with Crippen molar-refractivity contribution in [2.75, 3.05) is 18.4 Å². The Balaban J connectivity index is 1.93. The predicted octanol–water partition coefficient (Wildman–Crippen LogP) is 1.61. The molecule has 2 heterocycles. The number of hydrogen-bond donors (Lipinski definition) is 1. The zero-order valence-electron chi connectivity index (χ0n) is 8.12. The first-order chi connectivity index (χ1) is 6.75. The number of hydrogen-bond acceptors (Lipinski definition) is 3. The summed E-state index contributed by atoms with van der Waals surface area (Å²) in [4.78, 5) is 13.3. The maximum absolute atomic E-state index is 11.6. The fourth-order valence-electron chi connectivity index (χ4n) is 1.53. The third-order valence-electron chi connectivity index (χ3n) is 2.26. The molecule has 0 saturated carbocycles. The smallest absolute Gasteiger partial charge is 0.323 e. The quantitative estimate of drug-likeness (QED) is 0.740. The average Bonchev–Trinajstić information content (AvgIpc) is 2.75. The maximum Gasteiger partial charge on any atom is 0.323 e. The zero-order valence-corrected chi connectivity index (χ0v) is 8.12. The molecular formula is C9H13N3O2. The van der Waals surface area contributed by atoms with E-state index in [1.165, 1.54) is 0 Å². The maximum atomic E-state index is 11.6. The van der Waals surface area contributed by atoms with Crippen LogP contribution in [-0.2, 0) is 0 Å². The Hall–Kier alpha value is -1.52. The number of nitrogens with zero attached hydrogens (tertiary/aromatic N) is 2. The van der Waals surface area contributed by atoms with Gasteiger partial charge in [0.25, 0.3) is 0 Å². The third kappa shape index (κ3) is 1.86. The Bertz CT molecular complexity index is 329. The van der Waals surface area contributed by atoms with Gasteiger partial charge in [-0.25, -0.2) is 4.79 Å². The Kier molecular flexibility index (Phi) is 2.39. The van der Waals surface area contributed by atoms with Crippen molar-refractivity contribution in [1.82, 2.24) is 10.1 Å². The fourth-order valence-corrected chi connectivity index (χ4v) is 1.53. The Morgan fingerprint density at radius 2 is 2.29 bits per heavy atom. The molecule has 0 spiro atoms. The number of amides is 2. The highest BCUT2D eigenvalue weighted by molar-refractivity contribution is 5.88. The van der Waals surface area contributed by atoms with Crippen LogP contribution in [-0.4, -0.2) is 29.2 Å². The number of aromatic nitrogens is 1. The minimum atomic E-state index is -0.0872. The van der Waals surface area contributed by atoms with Gasteiger partial charge in [-0.05, 0) is 19.8 Å². The number of aryl methyl sites for hydroxylation is 1. The van der Waals surface area contributed by atoms with Crippen molar-refractivity contribution < 1.29 is 9.32 Å². The number of urea groups is 1. The second-order valence-corrected chi connectivity index (χ2v) is 3.45. The number of nitrogens with one attached hydrogen (secondary N) is 1. The van der Waals surface area contributed by atoms with Gasteiger partial charge in [0.2, 0.25) is 0 Å². The standard InChI is InChI=1S/C9H13N3O2/c1-7-6-8(11-14-7)10-9(13)12-4-2-3-5-12/h6H,2-5H2,1H3,(H,10,11,13). The van der Waals surface area contributed by atoms with Crippen molar-refractivity contribution in [2.45, 2.75) is 19.8 Å². The van der Waals surface area contributed by atoms with Gasteiger partial charge in [0, 0.05) is 19.2 Å². The van der Waals surface area contributed by atoms with Crippen LogP contribution in [0.4, 0.5) is 10.6 Å². The Morgan fingerprint density at radius 1 is 1.57 bits per heavy atom. The molecule has 1 fully saturated rings. The van der Waals surface area contributed by atoms with E-state index < -0.39 is 0 Å². The molecule has 1 saturated heterocycles. The van der Waals surface area contributed by atoms with Gasteiger partial charge in [0.1, 0.15) is 5.76 Å². The molecule has 2 amide bonds. The molecule has 0 aromatic carbocycles. The van der Waals surface area contributed by atoms with E-state index in [0.717, 1.165) is 25.9 Å². The predicted molar refractivity (Wildman–Crippen MR) is 51.1 cm³/mol. The van der Waals surface area contributed by atoms with E-state index in [1.54, 1.807) is 17.9 Å². The lowest BCUT2D eigenvalue weighted by Crippen LogP contribution is -2.32. The van der Waals surface area contributed by atoms with Crippen molar-refractivity contribution in [3.63, 3.8) is 0 Å². The van der Waals surface area contributed by atoms with Crippen molar-refractivity contribution in [1.29, 1.82) is 0 Å². The largest absolute Gasteiger partial charge is 0.360 e. The molecule has 0 unspecified atom stereocenters. The molecule has 5 heteroatoms. The van der Waals surface area contributed by atoms with Crippen LogP contribution in [0.5, 0.6) is 0 Å². The molecular weight excluding hydrogens is 182 g/mol. The van der Waals surface area contributed by atoms with Gasteiger partial charge in [-0.15, -0.1) is 0 Å². The first kappa shape index (κ1) is 9.05. The highest BCUT2D eigenvalue weighted by Crippen LogP contribution is 2.11. The molecule has 0 aliphatic carbocycles. The van der Waals surface area contributed by atoms with Crippen LogP contribution in [0.15, 0.2) is 10.6 Å². The summed E-state index contributed by atoms with van der Waals surface area (Å²) in [6.07, 6.45) is 2.18. The average molecular weight is 195 g/mol. The first-order valence-corrected chi connectivity index (χ1v) is 4.75. The lowest BCUT2D eigenvalue weighted by Gasteiger charge is -2.14. The van der Waals surface area contributed by atoms with Gasteiger partial charge in [-0.1, -0.05) is 5.16 Å². The second kappa shape index (κ2) is 3.69. The van der Waals surface area contributed by atoms with E-state index in [1.807, 2.05) is 0 Å². The second-order valence-electron chi connectivity index (χ2n) is 3.45. The monoisotopic (exact) mass is 195 g/mol. The molecule has 1 aliphatic rings. The lowest BCUT2D eigenvalue weighted by molar-refractivity contribution is 0.222. The van der Waals surface area contributed by atoms with E-state index in [0.29, 0.717) is 11.6 Å². The van der Waals surface area contributed by atoms with Crippen LogP contribution in [0.25, 0.3) is 0 Å².